The molecule has 2 aromatic rings. The second kappa shape index (κ2) is 18.7. The standard InChI is InChI=1S/C33H45F2N3O6/c1-4-14-38(15-5-2)33(44)25-11-9-10-24(19-25)32(43)37-28(18-22-16-26(34)21-27(35)17-22)29(39)20-23(6-3)31(42)36-13-8-7-12-30(40)41/h9-11,16-17,19,21,23,28-29,39H,4-8,12-15,18,20H2,1-3H3,(H,36,42)(H,37,43)(H,40,41). The molecule has 0 bridgehead atoms. The van der Waals surface area contributed by atoms with Crippen molar-refractivity contribution in [3.05, 3.63) is 70.8 Å². The van der Waals surface area contributed by atoms with Gasteiger partial charge in [-0.25, -0.2) is 8.78 Å². The number of rotatable bonds is 19. The number of carbonyl (C=O) groups excluding carboxylic acids is 3. The predicted molar refractivity (Wildman–Crippen MR) is 163 cm³/mol. The van der Waals surface area contributed by atoms with Crippen molar-refractivity contribution >= 4 is 23.7 Å². The molecule has 3 atom stereocenters. The molecule has 0 aliphatic rings. The Morgan fingerprint density at radius 3 is 2.14 bits per heavy atom. The third-order valence-corrected chi connectivity index (χ3v) is 7.31. The van der Waals surface area contributed by atoms with Crippen LogP contribution in [0.3, 0.4) is 0 Å². The van der Waals surface area contributed by atoms with E-state index in [0.29, 0.717) is 37.9 Å². The van der Waals surface area contributed by atoms with E-state index < -0.39 is 41.6 Å². The maximum Gasteiger partial charge on any atom is 0.303 e. The van der Waals surface area contributed by atoms with E-state index in [-0.39, 0.29) is 48.7 Å². The SMILES string of the molecule is CCCN(CCC)C(=O)c1cccc(C(=O)NC(Cc2cc(F)cc(F)c2)C(O)CC(CC)C(=O)NCCCCC(=O)O)c1. The number of hydrogen-bond acceptors (Lipinski definition) is 5. The molecular weight excluding hydrogens is 572 g/mol. The molecule has 0 aliphatic carbocycles. The molecule has 44 heavy (non-hydrogen) atoms. The van der Waals surface area contributed by atoms with Crippen molar-refractivity contribution < 1.29 is 38.2 Å². The lowest BCUT2D eigenvalue weighted by molar-refractivity contribution is -0.137. The molecule has 0 fully saturated rings. The van der Waals surface area contributed by atoms with Gasteiger partial charge in [-0.3, -0.25) is 19.2 Å². The van der Waals surface area contributed by atoms with Gasteiger partial charge in [-0.05, 0) is 80.8 Å². The van der Waals surface area contributed by atoms with Gasteiger partial charge in [0.2, 0.25) is 5.91 Å². The maximum absolute atomic E-state index is 14.0. The van der Waals surface area contributed by atoms with Gasteiger partial charge in [-0.15, -0.1) is 0 Å². The third kappa shape index (κ3) is 12.0. The van der Waals surface area contributed by atoms with Crippen molar-refractivity contribution in [2.24, 2.45) is 5.92 Å². The zero-order chi connectivity index (χ0) is 32.6. The molecule has 2 rings (SSSR count). The van der Waals surface area contributed by atoms with Crippen molar-refractivity contribution in [2.75, 3.05) is 19.6 Å². The van der Waals surface area contributed by atoms with Gasteiger partial charge in [0.15, 0.2) is 0 Å². The van der Waals surface area contributed by atoms with Gasteiger partial charge in [0.1, 0.15) is 11.6 Å². The minimum Gasteiger partial charge on any atom is -0.481 e. The number of aliphatic hydroxyl groups excluding tert-OH is 1. The van der Waals surface area contributed by atoms with Crippen LogP contribution in [-0.2, 0) is 16.0 Å². The van der Waals surface area contributed by atoms with Crippen molar-refractivity contribution in [2.45, 2.75) is 84.3 Å². The lowest BCUT2D eigenvalue weighted by atomic mass is 9.91. The van der Waals surface area contributed by atoms with Gasteiger partial charge in [-0.2, -0.15) is 0 Å². The summed E-state index contributed by atoms with van der Waals surface area (Å²) in [6, 6.07) is 8.19. The Bertz CT molecular complexity index is 1230. The molecule has 0 aromatic heterocycles. The zero-order valence-electron chi connectivity index (χ0n) is 25.8. The molecule has 3 amide bonds. The van der Waals surface area contributed by atoms with E-state index in [1.807, 2.05) is 13.8 Å². The number of aliphatic carboxylic acids is 1. The first-order chi connectivity index (χ1) is 21.0. The summed E-state index contributed by atoms with van der Waals surface area (Å²) in [7, 11) is 0. The average Bonchev–Trinajstić information content (AvgIpc) is 2.98. The van der Waals surface area contributed by atoms with E-state index in [0.717, 1.165) is 31.0 Å². The van der Waals surface area contributed by atoms with Crippen LogP contribution in [0.5, 0.6) is 0 Å². The summed E-state index contributed by atoms with van der Waals surface area (Å²) in [4.78, 5) is 51.7. The number of hydrogen-bond donors (Lipinski definition) is 4. The van der Waals surface area contributed by atoms with Gasteiger partial charge in [0.25, 0.3) is 11.8 Å². The van der Waals surface area contributed by atoms with E-state index >= 15 is 0 Å². The van der Waals surface area contributed by atoms with Crippen molar-refractivity contribution in [1.29, 1.82) is 0 Å². The highest BCUT2D eigenvalue weighted by Gasteiger charge is 2.28. The van der Waals surface area contributed by atoms with E-state index in [1.165, 1.54) is 12.1 Å². The summed E-state index contributed by atoms with van der Waals surface area (Å²) in [5.41, 5.74) is 0.731. The number of amides is 3. The highest BCUT2D eigenvalue weighted by Crippen LogP contribution is 2.19. The summed E-state index contributed by atoms with van der Waals surface area (Å²) in [6.45, 7) is 7.17. The van der Waals surface area contributed by atoms with E-state index in [2.05, 4.69) is 10.6 Å². The Morgan fingerprint density at radius 1 is 0.909 bits per heavy atom. The van der Waals surface area contributed by atoms with Crippen molar-refractivity contribution in [1.82, 2.24) is 15.5 Å². The third-order valence-electron chi connectivity index (χ3n) is 7.31. The Labute approximate surface area is 258 Å². The van der Waals surface area contributed by atoms with E-state index in [9.17, 15) is 33.1 Å². The number of carboxylic acid groups (broad SMARTS) is 1. The lowest BCUT2D eigenvalue weighted by Gasteiger charge is -2.27. The number of benzene rings is 2. The Morgan fingerprint density at radius 2 is 1.55 bits per heavy atom. The maximum atomic E-state index is 14.0. The summed E-state index contributed by atoms with van der Waals surface area (Å²) in [5, 5.41) is 25.5. The van der Waals surface area contributed by atoms with E-state index in [1.54, 1.807) is 24.0 Å². The smallest absolute Gasteiger partial charge is 0.303 e. The molecule has 0 aliphatic heterocycles. The largest absolute Gasteiger partial charge is 0.481 e. The van der Waals surface area contributed by atoms with Gasteiger partial charge >= 0.3 is 5.97 Å². The number of nitrogens with zero attached hydrogens (tertiary/aromatic N) is 1. The molecule has 0 heterocycles. The van der Waals surface area contributed by atoms with Crippen molar-refractivity contribution in [3.8, 4) is 0 Å². The molecule has 11 heteroatoms. The Balaban J connectivity index is 2.23. The molecule has 242 valence electrons. The normalized spacial score (nSPS) is 13.0. The molecule has 0 spiro atoms. The average molecular weight is 618 g/mol. The highest BCUT2D eigenvalue weighted by molar-refractivity contribution is 5.99. The van der Waals surface area contributed by atoms with Gasteiger partial charge in [-0.1, -0.05) is 26.8 Å². The van der Waals surface area contributed by atoms with Crippen LogP contribution >= 0.6 is 0 Å². The number of carbonyl (C=O) groups is 4. The number of aliphatic hydroxyl groups is 1. The van der Waals surface area contributed by atoms with Crippen LogP contribution in [0.15, 0.2) is 42.5 Å². The molecule has 3 unspecified atom stereocenters. The molecule has 0 radical (unpaired) electrons. The molecule has 0 saturated carbocycles. The second-order valence-corrected chi connectivity index (χ2v) is 11.0. The first kappa shape index (κ1) is 36.3. The molecule has 4 N–H and O–H groups in total. The molecule has 0 saturated heterocycles. The first-order valence-electron chi connectivity index (χ1n) is 15.3. The van der Waals surface area contributed by atoms with Gasteiger partial charge in [0, 0.05) is 49.2 Å². The van der Waals surface area contributed by atoms with Crippen LogP contribution in [0.25, 0.3) is 0 Å². The minimum absolute atomic E-state index is 0.000642. The summed E-state index contributed by atoms with van der Waals surface area (Å²) in [6.07, 6.45) is 1.43. The van der Waals surface area contributed by atoms with E-state index in [4.69, 9.17) is 5.11 Å². The van der Waals surface area contributed by atoms with Crippen LogP contribution in [0, 0.1) is 17.6 Å². The molecule has 9 nitrogen and oxygen atoms in total. The van der Waals surface area contributed by atoms with Gasteiger partial charge < -0.3 is 25.7 Å². The zero-order valence-corrected chi connectivity index (χ0v) is 25.8. The van der Waals surface area contributed by atoms with Crippen LogP contribution in [0.1, 0.15) is 92.0 Å². The quantitative estimate of drug-likeness (QED) is 0.169. The first-order valence-corrected chi connectivity index (χ1v) is 15.3. The lowest BCUT2D eigenvalue weighted by Crippen LogP contribution is -2.46. The number of unbranched alkanes of at least 4 members (excludes halogenated alkanes) is 1. The fraction of sp³-hybridized carbons (Fsp3) is 0.515. The second-order valence-electron chi connectivity index (χ2n) is 11.0. The Kier molecular flexibility index (Phi) is 15.5. The topological polar surface area (TPSA) is 136 Å². The predicted octanol–water partition coefficient (Wildman–Crippen LogP) is 4.72. The fourth-order valence-electron chi connectivity index (χ4n) is 5.02. The summed E-state index contributed by atoms with van der Waals surface area (Å²) < 4.78 is 28.0. The van der Waals surface area contributed by atoms with Crippen molar-refractivity contribution in [3.63, 3.8) is 0 Å². The van der Waals surface area contributed by atoms with Crippen LogP contribution in [-0.4, -0.2) is 70.6 Å². The minimum atomic E-state index is -1.26. The number of carboxylic acids is 1. The fourth-order valence-corrected chi connectivity index (χ4v) is 5.02. The van der Waals surface area contributed by atoms with Crippen LogP contribution in [0.4, 0.5) is 8.78 Å². The van der Waals surface area contributed by atoms with Crippen LogP contribution in [0.2, 0.25) is 0 Å². The van der Waals surface area contributed by atoms with Crippen LogP contribution < -0.4 is 10.6 Å². The van der Waals surface area contributed by atoms with Gasteiger partial charge in [0.05, 0.1) is 12.1 Å². The summed E-state index contributed by atoms with van der Waals surface area (Å²) in [5.74, 6) is -4.25. The number of nitrogens with one attached hydrogen (secondary N) is 2. The molecule has 2 aromatic carbocycles. The monoisotopic (exact) mass is 617 g/mol. The Hall–Kier alpha value is -3.86. The summed E-state index contributed by atoms with van der Waals surface area (Å²) >= 11 is 0. The number of halogens is 2. The highest BCUT2D eigenvalue weighted by atomic mass is 19.1. The molecular formula is C33H45F2N3O6.